The van der Waals surface area contributed by atoms with E-state index in [9.17, 15) is 22.8 Å². The van der Waals surface area contributed by atoms with Crippen LogP contribution in [-0.4, -0.2) is 45.0 Å². The number of amidine groups is 1. The lowest BCUT2D eigenvalue weighted by Crippen LogP contribution is -2.51. The van der Waals surface area contributed by atoms with Gasteiger partial charge in [-0.05, 0) is 36.1 Å². The number of rotatable bonds is 6. The molecule has 0 saturated heterocycles. The molecule has 184 valence electrons. The van der Waals surface area contributed by atoms with Crippen LogP contribution in [0.3, 0.4) is 0 Å². The molecule has 0 spiro atoms. The molecule has 1 atom stereocenters. The van der Waals surface area contributed by atoms with Gasteiger partial charge in [-0.1, -0.05) is 32.9 Å². The maximum Gasteiger partial charge on any atom is 0.286 e. The summed E-state index contributed by atoms with van der Waals surface area (Å²) in [6.45, 7) is 6.09. The molecule has 2 heterocycles. The number of Topliss-reactive ketones (excluding diaryl/α,β-unsaturated/α-hetero) is 1. The summed E-state index contributed by atoms with van der Waals surface area (Å²) in [6.07, 6.45) is 0.670. The van der Waals surface area contributed by atoms with Crippen molar-refractivity contribution < 1.29 is 27.5 Å². The van der Waals surface area contributed by atoms with E-state index in [1.165, 1.54) is 23.1 Å². The molecule has 2 amide bonds. The Morgan fingerprint density at radius 3 is 2.57 bits per heavy atom. The molecule has 2 aromatic carbocycles. The third kappa shape index (κ3) is 4.90. The minimum absolute atomic E-state index is 0.0661. The van der Waals surface area contributed by atoms with Crippen LogP contribution < -0.4 is 20.7 Å². The van der Waals surface area contributed by atoms with Crippen molar-refractivity contribution in [2.45, 2.75) is 32.1 Å². The number of amides is 2. The molecule has 0 saturated carbocycles. The van der Waals surface area contributed by atoms with Crippen molar-refractivity contribution in [2.24, 2.45) is 21.5 Å². The molecule has 0 aliphatic carbocycles. The number of hydrogen-bond acceptors (Lipinski definition) is 7. The summed E-state index contributed by atoms with van der Waals surface area (Å²) in [5, 5.41) is 2.85. The lowest BCUT2D eigenvalue weighted by molar-refractivity contribution is -0.120. The highest BCUT2D eigenvalue weighted by atomic mass is 32.2. The molecule has 10 nitrogen and oxygen atoms in total. The molecule has 2 aliphatic rings. The molecule has 2 aromatic rings. The maximum absolute atomic E-state index is 13.6. The summed E-state index contributed by atoms with van der Waals surface area (Å²) in [5.74, 6) is -3.35. The van der Waals surface area contributed by atoms with Crippen LogP contribution in [0.15, 0.2) is 51.8 Å². The number of primary amides is 1. The summed E-state index contributed by atoms with van der Waals surface area (Å²) in [6, 6.07) is 10.8. The Balaban J connectivity index is 1.71. The van der Waals surface area contributed by atoms with Gasteiger partial charge < -0.3 is 20.7 Å². The smallest absolute Gasteiger partial charge is 0.286 e. The minimum atomic E-state index is -4.27. The van der Waals surface area contributed by atoms with Gasteiger partial charge in [0.15, 0.2) is 18.3 Å². The number of carbonyl (C=O) groups excluding carboxylic acids is 3. The third-order valence-electron chi connectivity index (χ3n) is 5.69. The first-order chi connectivity index (χ1) is 16.4. The fourth-order valence-electron chi connectivity index (χ4n) is 3.91. The number of ether oxygens (including phenoxy) is 1. The van der Waals surface area contributed by atoms with Crippen LogP contribution in [0.5, 0.6) is 5.75 Å². The van der Waals surface area contributed by atoms with Crippen LogP contribution in [0.1, 0.15) is 37.6 Å². The van der Waals surface area contributed by atoms with Crippen LogP contribution in [0.4, 0.5) is 11.4 Å². The van der Waals surface area contributed by atoms with Crippen LogP contribution in [0, 0.1) is 11.3 Å². The number of ketones is 1. The summed E-state index contributed by atoms with van der Waals surface area (Å²) in [4.78, 5) is 39.2. The molecule has 4 rings (SSSR count). The average molecular weight is 499 g/mol. The Morgan fingerprint density at radius 2 is 1.89 bits per heavy atom. The van der Waals surface area contributed by atoms with Crippen molar-refractivity contribution in [1.82, 2.24) is 0 Å². The number of carbonyl (C=O) groups is 3. The van der Waals surface area contributed by atoms with Crippen molar-refractivity contribution in [3.05, 3.63) is 48.0 Å². The zero-order valence-corrected chi connectivity index (χ0v) is 20.4. The van der Waals surface area contributed by atoms with Crippen LogP contribution in [0.2, 0.25) is 0 Å². The molecule has 1 unspecified atom stereocenters. The van der Waals surface area contributed by atoms with Crippen molar-refractivity contribution in [2.75, 3.05) is 23.4 Å². The lowest BCUT2D eigenvalue weighted by Gasteiger charge is -2.35. The lowest BCUT2D eigenvalue weighted by atomic mass is 9.87. The Morgan fingerprint density at radius 1 is 1.17 bits per heavy atom. The van der Waals surface area contributed by atoms with E-state index in [2.05, 4.69) is 9.71 Å². The molecular weight excluding hydrogens is 472 g/mol. The van der Waals surface area contributed by atoms with Gasteiger partial charge in [0.2, 0.25) is 5.91 Å². The van der Waals surface area contributed by atoms with Gasteiger partial charge in [-0.2, -0.15) is 8.42 Å². The van der Waals surface area contributed by atoms with Crippen LogP contribution in [-0.2, 0) is 19.6 Å². The molecule has 2 aliphatic heterocycles. The zero-order valence-electron chi connectivity index (χ0n) is 19.6. The van der Waals surface area contributed by atoms with E-state index in [1.807, 2.05) is 20.8 Å². The van der Waals surface area contributed by atoms with Crippen molar-refractivity contribution in [3.8, 4) is 5.75 Å². The van der Waals surface area contributed by atoms with E-state index in [4.69, 9.17) is 10.5 Å². The number of fused-ring (bicyclic) bond motifs is 2. The Labute approximate surface area is 203 Å². The predicted octanol–water partition coefficient (Wildman–Crippen LogP) is 2.35. The van der Waals surface area contributed by atoms with E-state index < -0.39 is 40.1 Å². The van der Waals surface area contributed by atoms with Gasteiger partial charge in [0.1, 0.15) is 16.5 Å². The van der Waals surface area contributed by atoms with Crippen LogP contribution in [0.25, 0.3) is 0 Å². The van der Waals surface area contributed by atoms with Gasteiger partial charge in [0.05, 0.1) is 11.4 Å². The van der Waals surface area contributed by atoms with Gasteiger partial charge >= 0.3 is 0 Å². The van der Waals surface area contributed by atoms with E-state index in [0.29, 0.717) is 24.2 Å². The highest BCUT2D eigenvalue weighted by Gasteiger charge is 2.44. The first-order valence-corrected chi connectivity index (χ1v) is 12.4. The third-order valence-corrected chi connectivity index (χ3v) is 7.02. The Hall–Kier alpha value is -3.73. The molecule has 35 heavy (non-hydrogen) atoms. The summed E-state index contributed by atoms with van der Waals surface area (Å²) < 4.78 is 35.0. The summed E-state index contributed by atoms with van der Waals surface area (Å²) in [5.41, 5.74) is 5.97. The van der Waals surface area contributed by atoms with Crippen molar-refractivity contribution in [1.29, 1.82) is 0 Å². The number of sulfonamides is 1. The molecule has 3 N–H and O–H groups in total. The number of nitrogens with zero attached hydrogens (tertiary/aromatic N) is 2. The SMILES string of the molecule is CC(C)(C)CCN1C(=O)C(C2=NS(=O)(=O)c3cc(OCC(N)=O)ccc3N2)C(=O)c2ccccc21. The quantitative estimate of drug-likeness (QED) is 0.581. The predicted molar refractivity (Wildman–Crippen MR) is 130 cm³/mol. The van der Waals surface area contributed by atoms with Crippen molar-refractivity contribution in [3.63, 3.8) is 0 Å². The highest BCUT2D eigenvalue weighted by molar-refractivity contribution is 7.90. The van der Waals surface area contributed by atoms with Crippen LogP contribution >= 0.6 is 0 Å². The molecule has 0 bridgehead atoms. The fourth-order valence-corrected chi connectivity index (χ4v) is 5.08. The van der Waals surface area contributed by atoms with Gasteiger partial charge in [0, 0.05) is 18.2 Å². The number of nitrogens with two attached hydrogens (primary N) is 1. The largest absolute Gasteiger partial charge is 0.484 e. The van der Waals surface area contributed by atoms with Crippen molar-refractivity contribution >= 4 is 44.8 Å². The van der Waals surface area contributed by atoms with Gasteiger partial charge in [0.25, 0.3) is 15.9 Å². The first-order valence-electron chi connectivity index (χ1n) is 11.0. The second-order valence-electron chi connectivity index (χ2n) is 9.60. The second kappa shape index (κ2) is 8.81. The summed E-state index contributed by atoms with van der Waals surface area (Å²) in [7, 11) is -4.27. The minimum Gasteiger partial charge on any atom is -0.484 e. The Bertz CT molecular complexity index is 1360. The normalized spacial score (nSPS) is 18.8. The first kappa shape index (κ1) is 24.4. The number of hydrogen-bond donors (Lipinski definition) is 2. The van der Waals surface area contributed by atoms with E-state index >= 15 is 0 Å². The van der Waals surface area contributed by atoms with E-state index in [1.54, 1.807) is 24.3 Å². The second-order valence-corrected chi connectivity index (χ2v) is 11.2. The zero-order chi connectivity index (χ0) is 25.5. The maximum atomic E-state index is 13.6. The van der Waals surface area contributed by atoms with Gasteiger partial charge in [-0.15, -0.1) is 4.40 Å². The monoisotopic (exact) mass is 498 g/mol. The van der Waals surface area contributed by atoms with E-state index in [0.717, 1.165) is 0 Å². The summed E-state index contributed by atoms with van der Waals surface area (Å²) >= 11 is 0. The number of nitrogens with one attached hydrogen (secondary N) is 1. The van der Waals surface area contributed by atoms with E-state index in [-0.39, 0.29) is 27.6 Å². The number of para-hydroxylation sites is 1. The highest BCUT2D eigenvalue weighted by Crippen LogP contribution is 2.36. The molecule has 0 fully saturated rings. The Kier molecular flexibility index (Phi) is 6.14. The number of anilines is 2. The fraction of sp³-hybridized carbons (Fsp3) is 0.333. The molecule has 0 radical (unpaired) electrons. The molecule has 11 heteroatoms. The topological polar surface area (TPSA) is 148 Å². The van der Waals surface area contributed by atoms with Gasteiger partial charge in [-0.25, -0.2) is 0 Å². The average Bonchev–Trinajstić information content (AvgIpc) is 2.77. The number of benzene rings is 2. The standard InChI is InChI=1S/C24H26N4O6S/c1-24(2,3)10-11-28-17-7-5-4-6-15(17)21(30)20(23(28)31)22-26-16-9-8-14(34-13-19(25)29)12-18(16)35(32,33)27-22/h4-9,12,20H,10-11,13H2,1-3H3,(H2,25,29)(H,26,27). The molecular formula is C24H26N4O6S. The van der Waals surface area contributed by atoms with Gasteiger partial charge in [-0.3, -0.25) is 14.4 Å². The molecule has 0 aromatic heterocycles.